The fourth-order valence-electron chi connectivity index (χ4n) is 5.82. The van der Waals surface area contributed by atoms with Gasteiger partial charge in [-0.2, -0.15) is 0 Å². The maximum atomic E-state index is 15.7. The number of H-pyrrole nitrogens is 1. The molecule has 0 saturated heterocycles. The van der Waals surface area contributed by atoms with Crippen molar-refractivity contribution in [1.82, 2.24) is 24.9 Å². The molecule has 1 N–H and O–H groups in total. The van der Waals surface area contributed by atoms with E-state index in [1.807, 2.05) is 6.20 Å². The Balaban J connectivity index is 1.48. The van der Waals surface area contributed by atoms with E-state index in [1.54, 1.807) is 18.3 Å². The Labute approximate surface area is 179 Å². The quantitative estimate of drug-likeness (QED) is 0.479. The van der Waals surface area contributed by atoms with Crippen molar-refractivity contribution in [2.45, 2.75) is 39.0 Å². The van der Waals surface area contributed by atoms with Crippen LogP contribution in [0.3, 0.4) is 0 Å². The highest BCUT2D eigenvalue weighted by molar-refractivity contribution is 5.91. The first-order chi connectivity index (χ1) is 15.2. The molecule has 2 bridgehead atoms. The summed E-state index contributed by atoms with van der Waals surface area (Å²) in [5.41, 5.74) is 2.16. The summed E-state index contributed by atoms with van der Waals surface area (Å²) in [4.78, 5) is 20.8. The number of halogens is 1. The third kappa shape index (κ3) is 3.06. The lowest BCUT2D eigenvalue weighted by Gasteiger charge is -2.47. The summed E-state index contributed by atoms with van der Waals surface area (Å²) in [7, 11) is 0. The molecule has 3 aliphatic rings. The predicted molar refractivity (Wildman–Crippen MR) is 114 cm³/mol. The topological polar surface area (TPSA) is 80.5 Å². The molecule has 4 heterocycles. The Bertz CT molecular complexity index is 1220. The molecule has 4 aromatic heterocycles. The number of aromatic nitrogens is 5. The molecule has 7 heteroatoms. The number of hydrogen-bond donors (Lipinski definition) is 1. The van der Waals surface area contributed by atoms with E-state index in [9.17, 15) is 0 Å². The summed E-state index contributed by atoms with van der Waals surface area (Å²) in [5.74, 6) is 2.98. The molecule has 158 valence electrons. The zero-order valence-corrected chi connectivity index (χ0v) is 17.4. The second kappa shape index (κ2) is 7.25. The van der Waals surface area contributed by atoms with E-state index in [0.29, 0.717) is 47.1 Å². The minimum Gasteiger partial charge on any atom is -0.463 e. The molecule has 4 aromatic rings. The number of fused-ring (bicyclic) bond motifs is 4. The summed E-state index contributed by atoms with van der Waals surface area (Å²) < 4.78 is 21.2. The van der Waals surface area contributed by atoms with E-state index >= 15 is 4.39 Å². The number of nitrogens with zero attached hydrogens (tertiary/aromatic N) is 4. The number of furan rings is 1. The van der Waals surface area contributed by atoms with Gasteiger partial charge in [-0.1, -0.05) is 6.92 Å². The summed E-state index contributed by atoms with van der Waals surface area (Å²) in [6, 6.07) is 3.49. The Morgan fingerprint density at radius 3 is 2.77 bits per heavy atom. The highest BCUT2D eigenvalue weighted by atomic mass is 19.1. The lowest BCUT2D eigenvalue weighted by atomic mass is 9.58. The van der Waals surface area contributed by atoms with Gasteiger partial charge >= 0.3 is 0 Å². The highest BCUT2D eigenvalue weighted by Crippen LogP contribution is 2.50. The van der Waals surface area contributed by atoms with Crippen LogP contribution >= 0.6 is 0 Å². The van der Waals surface area contributed by atoms with Crippen molar-refractivity contribution in [3.8, 4) is 22.8 Å². The Morgan fingerprint density at radius 1 is 1.16 bits per heavy atom. The summed E-state index contributed by atoms with van der Waals surface area (Å²) in [6.07, 6.45) is 12.3. The zero-order valence-electron chi connectivity index (χ0n) is 17.4. The third-order valence-electron chi connectivity index (χ3n) is 7.54. The number of rotatable bonds is 4. The number of aromatic amines is 1. The molecule has 0 aliphatic heterocycles. The normalized spacial score (nSPS) is 25.4. The van der Waals surface area contributed by atoms with Crippen LogP contribution in [0.15, 0.2) is 41.5 Å². The fourth-order valence-corrected chi connectivity index (χ4v) is 5.82. The van der Waals surface area contributed by atoms with Crippen LogP contribution in [-0.2, 0) is 6.42 Å². The van der Waals surface area contributed by atoms with Crippen molar-refractivity contribution < 1.29 is 8.81 Å². The monoisotopic (exact) mass is 417 g/mol. The molecule has 3 aliphatic carbocycles. The average molecular weight is 417 g/mol. The first-order valence-corrected chi connectivity index (χ1v) is 11.1. The van der Waals surface area contributed by atoms with Gasteiger partial charge in [0.05, 0.1) is 12.0 Å². The van der Waals surface area contributed by atoms with E-state index in [1.165, 1.54) is 38.3 Å². The van der Waals surface area contributed by atoms with Crippen LogP contribution in [0.25, 0.3) is 33.9 Å². The molecule has 3 saturated carbocycles. The van der Waals surface area contributed by atoms with Gasteiger partial charge in [-0.25, -0.2) is 24.3 Å². The van der Waals surface area contributed by atoms with E-state index in [-0.39, 0.29) is 11.5 Å². The second-order valence-electron chi connectivity index (χ2n) is 9.02. The largest absolute Gasteiger partial charge is 0.463 e. The molecule has 2 atom stereocenters. The van der Waals surface area contributed by atoms with Crippen LogP contribution < -0.4 is 0 Å². The number of hydrogen-bond acceptors (Lipinski definition) is 5. The summed E-state index contributed by atoms with van der Waals surface area (Å²) in [6.45, 7) is 2.34. The minimum absolute atomic E-state index is 0.213. The molecule has 0 spiro atoms. The minimum atomic E-state index is -0.372. The van der Waals surface area contributed by atoms with Gasteiger partial charge in [-0.15, -0.1) is 0 Å². The van der Waals surface area contributed by atoms with Gasteiger partial charge in [-0.3, -0.25) is 0 Å². The maximum absolute atomic E-state index is 15.7. The van der Waals surface area contributed by atoms with Crippen molar-refractivity contribution in [2.24, 2.45) is 23.7 Å². The molecule has 31 heavy (non-hydrogen) atoms. The van der Waals surface area contributed by atoms with Crippen LogP contribution in [0.4, 0.5) is 4.39 Å². The molecule has 0 unspecified atom stereocenters. The van der Waals surface area contributed by atoms with Crippen molar-refractivity contribution in [2.75, 3.05) is 0 Å². The standard InChI is InChI=1S/C24H24FN5O/c1-13-14-4-6-15(7-5-14)16(13)9-19-21(25)22(20-3-2-8-31-20)30-24(29-19)18-11-27-23-17(18)10-26-12-28-23/h2-3,8,10-16H,4-7,9H2,1H3,(H,26,27,28)/t13-,14?,15?,16+/m0/s1. The first kappa shape index (κ1) is 18.7. The molecule has 7 rings (SSSR count). The summed E-state index contributed by atoms with van der Waals surface area (Å²) in [5, 5.41) is 0.815. The van der Waals surface area contributed by atoms with Gasteiger partial charge in [0.15, 0.2) is 17.4 Å². The average Bonchev–Trinajstić information content (AvgIpc) is 3.48. The van der Waals surface area contributed by atoms with Crippen molar-refractivity contribution in [3.05, 3.63) is 48.6 Å². The van der Waals surface area contributed by atoms with Gasteiger partial charge in [0.25, 0.3) is 0 Å². The van der Waals surface area contributed by atoms with Crippen LogP contribution in [0.1, 0.15) is 38.3 Å². The Kier molecular flexibility index (Phi) is 4.37. The lowest BCUT2D eigenvalue weighted by Crippen LogP contribution is -2.39. The van der Waals surface area contributed by atoms with Crippen molar-refractivity contribution in [1.29, 1.82) is 0 Å². The fraction of sp³-hybridized carbons (Fsp3) is 0.417. The Hall–Kier alpha value is -3.09. The smallest absolute Gasteiger partial charge is 0.174 e. The molecule has 0 radical (unpaired) electrons. The van der Waals surface area contributed by atoms with Gasteiger partial charge in [-0.05, 0) is 67.9 Å². The maximum Gasteiger partial charge on any atom is 0.174 e. The van der Waals surface area contributed by atoms with Gasteiger partial charge in [0, 0.05) is 23.3 Å². The number of nitrogens with one attached hydrogen (secondary N) is 1. The highest BCUT2D eigenvalue weighted by Gasteiger charge is 2.41. The van der Waals surface area contributed by atoms with Crippen molar-refractivity contribution >= 4 is 11.0 Å². The van der Waals surface area contributed by atoms with Gasteiger partial charge in [0.2, 0.25) is 0 Å². The molecule has 3 fully saturated rings. The zero-order chi connectivity index (χ0) is 20.9. The van der Waals surface area contributed by atoms with Crippen LogP contribution in [0, 0.1) is 29.5 Å². The molecule has 0 amide bonds. The third-order valence-corrected chi connectivity index (χ3v) is 7.54. The van der Waals surface area contributed by atoms with E-state index in [4.69, 9.17) is 9.40 Å². The van der Waals surface area contributed by atoms with E-state index < -0.39 is 0 Å². The van der Waals surface area contributed by atoms with Gasteiger partial charge in [0.1, 0.15) is 17.7 Å². The Morgan fingerprint density at radius 2 is 2.00 bits per heavy atom. The van der Waals surface area contributed by atoms with Crippen LogP contribution in [0.2, 0.25) is 0 Å². The van der Waals surface area contributed by atoms with Gasteiger partial charge < -0.3 is 9.40 Å². The molecule has 6 nitrogen and oxygen atoms in total. The predicted octanol–water partition coefficient (Wildman–Crippen LogP) is 5.43. The molecule has 0 aromatic carbocycles. The van der Waals surface area contributed by atoms with Crippen LogP contribution in [-0.4, -0.2) is 24.9 Å². The molecular weight excluding hydrogens is 393 g/mol. The SMILES string of the molecule is C[C@H]1C2CCC(CC2)[C@@H]1Cc1nc(-c2c[nH]c3ncncc23)nc(-c2ccco2)c1F. The van der Waals surface area contributed by atoms with E-state index in [0.717, 1.165) is 16.9 Å². The molecular formula is C24H24FN5O. The van der Waals surface area contributed by atoms with Crippen molar-refractivity contribution in [3.63, 3.8) is 0 Å². The van der Waals surface area contributed by atoms with Crippen LogP contribution in [0.5, 0.6) is 0 Å². The van der Waals surface area contributed by atoms with E-state index in [2.05, 4.69) is 26.9 Å². The lowest BCUT2D eigenvalue weighted by molar-refractivity contribution is 0.0334. The summed E-state index contributed by atoms with van der Waals surface area (Å²) >= 11 is 0. The first-order valence-electron chi connectivity index (χ1n) is 11.1. The second-order valence-corrected chi connectivity index (χ2v) is 9.02.